The first-order chi connectivity index (χ1) is 16.5. The van der Waals surface area contributed by atoms with Crippen molar-refractivity contribution >= 4 is 39.0 Å². The van der Waals surface area contributed by atoms with Crippen molar-refractivity contribution < 1.29 is 26.4 Å². The number of anilines is 2. The molecule has 1 spiro atoms. The number of halogens is 4. The van der Waals surface area contributed by atoms with Crippen LogP contribution in [0.3, 0.4) is 0 Å². The van der Waals surface area contributed by atoms with Crippen LogP contribution < -0.4 is 15.1 Å². The SMILES string of the molecule is O=C1CC2(CNC2)CN1c1ccc(S(=O)(=O)N2CCN(c3cc(C(F)(F)F)cc(Cl)n3)CC2)cc1. The lowest BCUT2D eigenvalue weighted by Crippen LogP contribution is -2.54. The minimum absolute atomic E-state index is 0.0276. The summed E-state index contributed by atoms with van der Waals surface area (Å²) in [7, 11) is -3.81. The summed E-state index contributed by atoms with van der Waals surface area (Å²) in [6, 6.07) is 7.93. The summed E-state index contributed by atoms with van der Waals surface area (Å²) < 4.78 is 66.9. The molecule has 4 heterocycles. The molecule has 0 saturated carbocycles. The molecule has 8 nitrogen and oxygen atoms in total. The fourth-order valence-electron chi connectivity index (χ4n) is 4.76. The zero-order valence-corrected chi connectivity index (χ0v) is 20.1. The number of nitrogens with zero attached hydrogens (tertiary/aromatic N) is 4. The summed E-state index contributed by atoms with van der Waals surface area (Å²) in [6.45, 7) is 2.71. The highest BCUT2D eigenvalue weighted by molar-refractivity contribution is 7.89. The van der Waals surface area contributed by atoms with Crippen molar-refractivity contribution in [2.45, 2.75) is 17.5 Å². The van der Waals surface area contributed by atoms with E-state index in [2.05, 4.69) is 10.3 Å². The van der Waals surface area contributed by atoms with E-state index in [0.717, 1.165) is 25.2 Å². The van der Waals surface area contributed by atoms with Gasteiger partial charge in [-0.25, -0.2) is 13.4 Å². The lowest BCUT2D eigenvalue weighted by molar-refractivity contribution is -0.137. The molecule has 5 rings (SSSR count). The average Bonchev–Trinajstić information content (AvgIpc) is 3.16. The minimum Gasteiger partial charge on any atom is -0.354 e. The highest BCUT2D eigenvalue weighted by Crippen LogP contribution is 2.38. The van der Waals surface area contributed by atoms with Gasteiger partial charge in [-0.1, -0.05) is 11.6 Å². The van der Waals surface area contributed by atoms with Gasteiger partial charge in [-0.15, -0.1) is 0 Å². The molecule has 3 aliphatic rings. The summed E-state index contributed by atoms with van der Waals surface area (Å²) in [5.41, 5.74) is -0.270. The van der Waals surface area contributed by atoms with Crippen molar-refractivity contribution in [3.63, 3.8) is 0 Å². The molecule has 2 aromatic rings. The average molecular weight is 530 g/mol. The van der Waals surface area contributed by atoms with E-state index in [1.165, 1.54) is 16.4 Å². The molecule has 3 saturated heterocycles. The first-order valence-electron chi connectivity index (χ1n) is 11.1. The Hall–Kier alpha value is -2.41. The van der Waals surface area contributed by atoms with Gasteiger partial charge < -0.3 is 15.1 Å². The lowest BCUT2D eigenvalue weighted by atomic mass is 9.81. The van der Waals surface area contributed by atoms with E-state index in [9.17, 15) is 26.4 Å². The van der Waals surface area contributed by atoms with Crippen LogP contribution in [-0.4, -0.2) is 69.4 Å². The number of rotatable bonds is 4. The Bertz CT molecular complexity index is 1240. The van der Waals surface area contributed by atoms with Crippen molar-refractivity contribution in [1.82, 2.24) is 14.6 Å². The second-order valence-corrected chi connectivity index (χ2v) is 11.5. The van der Waals surface area contributed by atoms with Crippen LogP contribution >= 0.6 is 11.6 Å². The van der Waals surface area contributed by atoms with Crippen molar-refractivity contribution in [2.75, 3.05) is 55.6 Å². The van der Waals surface area contributed by atoms with Gasteiger partial charge in [-0.2, -0.15) is 17.5 Å². The van der Waals surface area contributed by atoms with Gasteiger partial charge in [0.15, 0.2) is 0 Å². The molecule has 1 aromatic carbocycles. The van der Waals surface area contributed by atoms with Crippen molar-refractivity contribution in [1.29, 1.82) is 0 Å². The molecule has 3 fully saturated rings. The third-order valence-corrected chi connectivity index (χ3v) is 8.88. The molecule has 0 unspecified atom stereocenters. The fourth-order valence-corrected chi connectivity index (χ4v) is 6.39. The van der Waals surface area contributed by atoms with Crippen LogP contribution in [0, 0.1) is 5.41 Å². The quantitative estimate of drug-likeness (QED) is 0.613. The molecule has 1 amide bonds. The number of amides is 1. The Morgan fingerprint density at radius 2 is 1.69 bits per heavy atom. The fraction of sp³-hybridized carbons (Fsp3) is 0.455. The Morgan fingerprint density at radius 3 is 2.23 bits per heavy atom. The van der Waals surface area contributed by atoms with Crippen molar-refractivity contribution in [2.24, 2.45) is 5.41 Å². The van der Waals surface area contributed by atoms with E-state index in [0.29, 0.717) is 18.7 Å². The number of carbonyl (C=O) groups is 1. The number of sulfonamides is 1. The molecular weight excluding hydrogens is 507 g/mol. The van der Waals surface area contributed by atoms with E-state index in [-0.39, 0.29) is 53.4 Å². The van der Waals surface area contributed by atoms with Crippen molar-refractivity contribution in [3.05, 3.63) is 47.1 Å². The smallest absolute Gasteiger partial charge is 0.354 e. The Labute approximate surface area is 205 Å². The molecule has 0 bridgehead atoms. The van der Waals surface area contributed by atoms with Crippen LogP contribution in [0.4, 0.5) is 24.7 Å². The van der Waals surface area contributed by atoms with Crippen molar-refractivity contribution in [3.8, 4) is 0 Å². The molecule has 1 N–H and O–H groups in total. The van der Waals surface area contributed by atoms with E-state index >= 15 is 0 Å². The van der Waals surface area contributed by atoms with Gasteiger partial charge in [-0.05, 0) is 36.4 Å². The number of nitrogens with one attached hydrogen (secondary N) is 1. The monoisotopic (exact) mass is 529 g/mol. The summed E-state index contributed by atoms with van der Waals surface area (Å²) in [6.07, 6.45) is -4.08. The third-order valence-electron chi connectivity index (χ3n) is 6.78. The summed E-state index contributed by atoms with van der Waals surface area (Å²) in [5.74, 6) is 0.0856. The van der Waals surface area contributed by atoms with Gasteiger partial charge in [0.1, 0.15) is 11.0 Å². The van der Waals surface area contributed by atoms with Crippen LogP contribution in [0.5, 0.6) is 0 Å². The van der Waals surface area contributed by atoms with E-state index < -0.39 is 21.8 Å². The number of pyridine rings is 1. The number of alkyl halides is 3. The third kappa shape index (κ3) is 4.59. The maximum atomic E-state index is 13.2. The zero-order chi connectivity index (χ0) is 25.0. The molecule has 1 aromatic heterocycles. The standard InChI is InChI=1S/C22H23ClF3N5O3S/c23-18-9-15(22(24,25)26)10-19(28-18)29-5-7-30(8-6-29)35(33,34)17-3-1-16(2-4-17)31-14-21(11-20(31)32)12-27-13-21/h1-4,9-10,27H,5-8,11-14H2. The molecule has 188 valence electrons. The molecule has 3 aliphatic heterocycles. The first-order valence-corrected chi connectivity index (χ1v) is 12.9. The maximum absolute atomic E-state index is 13.2. The summed E-state index contributed by atoms with van der Waals surface area (Å²) >= 11 is 5.78. The predicted molar refractivity (Wildman–Crippen MR) is 124 cm³/mol. The number of benzene rings is 1. The number of piperazine rings is 1. The minimum atomic E-state index is -4.56. The number of carbonyl (C=O) groups excluding carboxylic acids is 1. The normalized spacial score (nSPS) is 21.0. The van der Waals surface area contributed by atoms with Crippen LogP contribution in [0.2, 0.25) is 5.15 Å². The molecule has 0 aliphatic carbocycles. The zero-order valence-electron chi connectivity index (χ0n) is 18.6. The Balaban J connectivity index is 1.26. The maximum Gasteiger partial charge on any atom is 0.416 e. The number of hydrogen-bond donors (Lipinski definition) is 1. The van der Waals surface area contributed by atoms with E-state index in [4.69, 9.17) is 11.6 Å². The van der Waals surface area contributed by atoms with Crippen LogP contribution in [0.1, 0.15) is 12.0 Å². The second kappa shape index (κ2) is 8.61. The van der Waals surface area contributed by atoms with E-state index in [1.807, 2.05) is 0 Å². The molecule has 0 radical (unpaired) electrons. The summed E-state index contributed by atoms with van der Waals surface area (Å²) in [4.78, 5) is 19.8. The Kier molecular flexibility index (Phi) is 5.98. The van der Waals surface area contributed by atoms with Gasteiger partial charge in [0, 0.05) is 63.3 Å². The molecule has 35 heavy (non-hydrogen) atoms. The largest absolute Gasteiger partial charge is 0.416 e. The van der Waals surface area contributed by atoms with E-state index in [1.54, 1.807) is 21.9 Å². The van der Waals surface area contributed by atoms with Crippen LogP contribution in [-0.2, 0) is 21.0 Å². The highest BCUT2D eigenvalue weighted by atomic mass is 35.5. The first kappa shape index (κ1) is 24.3. The van der Waals surface area contributed by atoms with Gasteiger partial charge >= 0.3 is 6.18 Å². The number of hydrogen-bond acceptors (Lipinski definition) is 6. The topological polar surface area (TPSA) is 85.8 Å². The molecular formula is C22H23ClF3N5O3S. The summed E-state index contributed by atoms with van der Waals surface area (Å²) in [5, 5.41) is 2.92. The second-order valence-electron chi connectivity index (χ2n) is 9.18. The highest BCUT2D eigenvalue weighted by Gasteiger charge is 2.47. The van der Waals surface area contributed by atoms with Crippen LogP contribution in [0.15, 0.2) is 41.3 Å². The number of aromatic nitrogens is 1. The van der Waals surface area contributed by atoms with Gasteiger partial charge in [-0.3, -0.25) is 4.79 Å². The predicted octanol–water partition coefficient (Wildman–Crippen LogP) is 2.59. The molecule has 0 atom stereocenters. The molecule has 13 heteroatoms. The van der Waals surface area contributed by atoms with Gasteiger partial charge in [0.05, 0.1) is 10.5 Å². The van der Waals surface area contributed by atoms with Crippen LogP contribution in [0.25, 0.3) is 0 Å². The Morgan fingerprint density at radius 1 is 1.03 bits per heavy atom. The lowest BCUT2D eigenvalue weighted by Gasteiger charge is -2.38. The van der Waals surface area contributed by atoms with Gasteiger partial charge in [0.2, 0.25) is 15.9 Å². The van der Waals surface area contributed by atoms with Gasteiger partial charge in [0.25, 0.3) is 0 Å².